The Bertz CT molecular complexity index is 1380. The van der Waals surface area contributed by atoms with Crippen LogP contribution in [0.2, 0.25) is 0 Å². The van der Waals surface area contributed by atoms with Gasteiger partial charge in [0.25, 0.3) is 0 Å². The third kappa shape index (κ3) is 1.69. The van der Waals surface area contributed by atoms with Crippen molar-refractivity contribution in [3.8, 4) is 5.69 Å². The van der Waals surface area contributed by atoms with Crippen molar-refractivity contribution < 1.29 is 0 Å². The lowest BCUT2D eigenvalue weighted by molar-refractivity contribution is 1.20. The van der Waals surface area contributed by atoms with E-state index in [0.29, 0.717) is 0 Å². The number of hydrogen-bond acceptors (Lipinski definition) is 1. The number of nitrogens with one attached hydrogen (secondary N) is 1. The van der Waals surface area contributed by atoms with Crippen molar-refractivity contribution >= 4 is 54.3 Å². The van der Waals surface area contributed by atoms with Crippen LogP contribution in [0.1, 0.15) is 0 Å². The molecule has 0 bridgehead atoms. The molecule has 0 aliphatic carbocycles. The lowest BCUT2D eigenvalue weighted by Crippen LogP contribution is -1.91. The summed E-state index contributed by atoms with van der Waals surface area (Å²) in [6, 6.07) is 27.6. The molecular weight excluding hydrogens is 324 g/mol. The quantitative estimate of drug-likeness (QED) is 0.376. The van der Waals surface area contributed by atoms with E-state index in [1.807, 2.05) is 6.07 Å². The third-order valence-electron chi connectivity index (χ3n) is 4.87. The number of fused-ring (bicyclic) bond motifs is 6. The number of para-hydroxylation sites is 1. The summed E-state index contributed by atoms with van der Waals surface area (Å²) in [7, 11) is 0. The lowest BCUT2D eigenvalue weighted by atomic mass is 10.1. The van der Waals surface area contributed by atoms with Crippen LogP contribution >= 0.6 is 11.3 Å². The van der Waals surface area contributed by atoms with Gasteiger partial charge in [0.2, 0.25) is 0 Å². The molecule has 0 saturated heterocycles. The first-order valence-corrected chi connectivity index (χ1v) is 9.09. The molecule has 3 heteroatoms. The number of hydrogen-bond donors (Lipinski definition) is 1. The molecule has 0 spiro atoms. The molecule has 0 atom stereocenters. The van der Waals surface area contributed by atoms with E-state index in [1.165, 1.54) is 32.2 Å². The molecule has 6 aromatic rings. The molecule has 0 amide bonds. The van der Waals surface area contributed by atoms with Crippen LogP contribution in [-0.4, -0.2) is 9.55 Å². The SMILES string of the molecule is c1ccc2[nH]c3cc4c(cc3c2c#1)c1ccsc1n4-c1ccccc1. The van der Waals surface area contributed by atoms with Crippen LogP contribution in [-0.2, 0) is 0 Å². The van der Waals surface area contributed by atoms with Crippen molar-refractivity contribution in [2.45, 2.75) is 0 Å². The van der Waals surface area contributed by atoms with Crippen LogP contribution in [0.3, 0.4) is 0 Å². The second-order valence-electron chi connectivity index (χ2n) is 6.24. The molecule has 1 N–H and O–H groups in total. The van der Waals surface area contributed by atoms with Gasteiger partial charge < -0.3 is 9.55 Å². The highest BCUT2D eigenvalue weighted by Gasteiger charge is 2.15. The van der Waals surface area contributed by atoms with Gasteiger partial charge in [0.05, 0.1) is 16.4 Å². The van der Waals surface area contributed by atoms with Gasteiger partial charge >= 0.3 is 0 Å². The average Bonchev–Trinajstić information content (AvgIpc) is 3.32. The topological polar surface area (TPSA) is 20.7 Å². The molecule has 0 radical (unpaired) electrons. The zero-order chi connectivity index (χ0) is 16.4. The molecule has 3 aromatic heterocycles. The molecule has 0 fully saturated rings. The maximum Gasteiger partial charge on any atom is 0.108 e. The molecule has 6 rings (SSSR count). The minimum atomic E-state index is 1.11. The van der Waals surface area contributed by atoms with E-state index < -0.39 is 0 Å². The first-order valence-electron chi connectivity index (χ1n) is 8.21. The van der Waals surface area contributed by atoms with Gasteiger partial charge in [0.15, 0.2) is 0 Å². The second-order valence-corrected chi connectivity index (χ2v) is 7.14. The highest BCUT2D eigenvalue weighted by atomic mass is 32.1. The van der Waals surface area contributed by atoms with E-state index in [-0.39, 0.29) is 0 Å². The maximum atomic E-state index is 3.52. The molecule has 0 aliphatic rings. The van der Waals surface area contributed by atoms with Crippen LogP contribution in [0.4, 0.5) is 0 Å². The predicted molar refractivity (Wildman–Crippen MR) is 106 cm³/mol. The zero-order valence-electron chi connectivity index (χ0n) is 13.2. The summed E-state index contributed by atoms with van der Waals surface area (Å²) in [4.78, 5) is 4.81. The number of nitrogens with zero attached hydrogens (tertiary/aromatic N) is 1. The Morgan fingerprint density at radius 2 is 1.80 bits per heavy atom. The van der Waals surface area contributed by atoms with E-state index in [4.69, 9.17) is 0 Å². The fourth-order valence-electron chi connectivity index (χ4n) is 3.77. The van der Waals surface area contributed by atoms with Crippen molar-refractivity contribution in [2.75, 3.05) is 0 Å². The standard InChI is InChI=1S/C22H12N2S/c1-2-6-14(7-3-1)24-21-13-20-17(15-8-4-5-9-19(15)23-20)12-18(21)16-10-11-25-22(16)24/h1-3,5-7,9-13,23H. The Hall–Kier alpha value is -3.22. The Morgan fingerprint density at radius 3 is 2.72 bits per heavy atom. The summed E-state index contributed by atoms with van der Waals surface area (Å²) < 4.78 is 2.36. The van der Waals surface area contributed by atoms with E-state index in [2.05, 4.69) is 81.7 Å². The number of H-pyrrole nitrogens is 1. The van der Waals surface area contributed by atoms with Gasteiger partial charge in [-0.25, -0.2) is 0 Å². The fourth-order valence-corrected chi connectivity index (χ4v) is 4.72. The van der Waals surface area contributed by atoms with Crippen molar-refractivity contribution in [3.05, 3.63) is 78.2 Å². The number of benzene rings is 2. The van der Waals surface area contributed by atoms with Gasteiger partial charge in [-0.1, -0.05) is 30.3 Å². The summed E-state index contributed by atoms with van der Waals surface area (Å²) in [5.41, 5.74) is 4.67. The largest absolute Gasteiger partial charge is 0.354 e. The number of aromatic nitrogens is 2. The highest BCUT2D eigenvalue weighted by molar-refractivity contribution is 7.17. The molecule has 116 valence electrons. The van der Waals surface area contributed by atoms with E-state index in [0.717, 1.165) is 16.4 Å². The second kappa shape index (κ2) is 4.66. The minimum Gasteiger partial charge on any atom is -0.354 e. The average molecular weight is 336 g/mol. The van der Waals surface area contributed by atoms with Crippen molar-refractivity contribution in [2.24, 2.45) is 0 Å². The smallest absolute Gasteiger partial charge is 0.108 e. The molecule has 0 aliphatic heterocycles. The van der Waals surface area contributed by atoms with Gasteiger partial charge in [-0.3, -0.25) is 0 Å². The molecule has 0 unspecified atom stereocenters. The van der Waals surface area contributed by atoms with Gasteiger partial charge in [-0.15, -0.1) is 11.3 Å². The minimum absolute atomic E-state index is 1.11. The summed E-state index contributed by atoms with van der Waals surface area (Å²) in [6.45, 7) is 0. The van der Waals surface area contributed by atoms with Gasteiger partial charge in [-0.2, -0.15) is 0 Å². The summed E-state index contributed by atoms with van der Waals surface area (Å²) in [5.74, 6) is 0. The predicted octanol–water partition coefficient (Wildman–Crippen LogP) is 6.08. The Morgan fingerprint density at radius 1 is 0.880 bits per heavy atom. The summed E-state index contributed by atoms with van der Waals surface area (Å²) in [5, 5.41) is 7.07. The molecule has 2 nitrogen and oxygen atoms in total. The van der Waals surface area contributed by atoms with Crippen molar-refractivity contribution in [1.82, 2.24) is 9.55 Å². The van der Waals surface area contributed by atoms with E-state index in [9.17, 15) is 0 Å². The molecule has 3 aromatic carbocycles. The van der Waals surface area contributed by atoms with Crippen LogP contribution in [0.25, 0.3) is 48.6 Å². The molecule has 3 heterocycles. The summed E-state index contributed by atoms with van der Waals surface area (Å²) >= 11 is 1.79. The Balaban J connectivity index is 1.84. The maximum absolute atomic E-state index is 3.52. The van der Waals surface area contributed by atoms with Crippen molar-refractivity contribution in [3.63, 3.8) is 0 Å². The number of thiophene rings is 1. The normalized spacial score (nSPS) is 11.7. The van der Waals surface area contributed by atoms with Gasteiger partial charge in [0.1, 0.15) is 4.83 Å². The number of rotatable bonds is 1. The summed E-state index contributed by atoms with van der Waals surface area (Å²) in [6.07, 6.45) is 0. The number of aromatic amines is 1. The molecule has 0 saturated carbocycles. The fraction of sp³-hybridized carbons (Fsp3) is 0. The third-order valence-corrected chi connectivity index (χ3v) is 5.77. The zero-order valence-corrected chi connectivity index (χ0v) is 14.0. The van der Waals surface area contributed by atoms with Gasteiger partial charge in [-0.05, 0) is 47.8 Å². The highest BCUT2D eigenvalue weighted by Crippen LogP contribution is 2.38. The van der Waals surface area contributed by atoms with Crippen LogP contribution in [0.15, 0.2) is 66.0 Å². The monoisotopic (exact) mass is 336 g/mol. The van der Waals surface area contributed by atoms with Crippen molar-refractivity contribution in [1.29, 1.82) is 0 Å². The Labute approximate surface area is 147 Å². The van der Waals surface area contributed by atoms with E-state index >= 15 is 0 Å². The molecule has 25 heavy (non-hydrogen) atoms. The Kier molecular flexibility index (Phi) is 2.44. The lowest BCUT2D eigenvalue weighted by Gasteiger charge is -2.06. The first kappa shape index (κ1) is 13.1. The van der Waals surface area contributed by atoms with Crippen LogP contribution < -0.4 is 0 Å². The van der Waals surface area contributed by atoms with Gasteiger partial charge in [0, 0.05) is 27.4 Å². The van der Waals surface area contributed by atoms with E-state index in [1.54, 1.807) is 11.3 Å². The first-order chi connectivity index (χ1) is 12.4. The molecular formula is C22H12N2S. The van der Waals surface area contributed by atoms with Crippen LogP contribution in [0.5, 0.6) is 0 Å². The van der Waals surface area contributed by atoms with Crippen LogP contribution in [0, 0.1) is 12.1 Å².